The summed E-state index contributed by atoms with van der Waals surface area (Å²) in [5.41, 5.74) is 1.72. The normalized spacial score (nSPS) is 34.9. The van der Waals surface area contributed by atoms with Crippen LogP contribution in [0, 0.1) is 17.8 Å². The van der Waals surface area contributed by atoms with E-state index in [1.54, 1.807) is 0 Å². The molecule has 0 N–H and O–H groups in total. The van der Waals surface area contributed by atoms with Gasteiger partial charge >= 0.3 is 0 Å². The lowest BCUT2D eigenvalue weighted by atomic mass is 9.88. The van der Waals surface area contributed by atoms with Gasteiger partial charge in [-0.1, -0.05) is 51.1 Å². The number of ether oxygens (including phenoxy) is 1. The van der Waals surface area contributed by atoms with Crippen LogP contribution in [-0.2, 0) is 10.2 Å². The van der Waals surface area contributed by atoms with Crippen LogP contribution in [0.3, 0.4) is 0 Å². The molecule has 1 saturated carbocycles. The van der Waals surface area contributed by atoms with Crippen molar-refractivity contribution < 1.29 is 4.74 Å². The molecule has 1 fully saturated rings. The maximum atomic E-state index is 5.87. The molecule has 1 aliphatic heterocycles. The van der Waals surface area contributed by atoms with Crippen LogP contribution in [0.2, 0.25) is 0 Å². The lowest BCUT2D eigenvalue weighted by Gasteiger charge is -2.24. The summed E-state index contributed by atoms with van der Waals surface area (Å²) in [6.45, 7) is 7.65. The Bertz CT molecular complexity index is 446. The van der Waals surface area contributed by atoms with Gasteiger partial charge in [0.25, 0.3) is 0 Å². The Hall–Kier alpha value is -1.24. The van der Waals surface area contributed by atoms with Gasteiger partial charge in [0, 0.05) is 17.3 Å². The molecular weight excluding hydrogens is 208 g/mol. The molecule has 90 valence electrons. The number of benzene rings is 1. The van der Waals surface area contributed by atoms with E-state index in [0.29, 0.717) is 17.8 Å². The van der Waals surface area contributed by atoms with Crippen LogP contribution in [0.1, 0.15) is 26.3 Å². The average molecular weight is 228 g/mol. The molecule has 1 heterocycles. The van der Waals surface area contributed by atoms with E-state index in [0.717, 1.165) is 6.61 Å². The van der Waals surface area contributed by atoms with Gasteiger partial charge < -0.3 is 4.74 Å². The van der Waals surface area contributed by atoms with Crippen molar-refractivity contribution >= 4 is 0 Å². The smallest absolute Gasteiger partial charge is 0.0954 e. The van der Waals surface area contributed by atoms with Crippen molar-refractivity contribution in [1.82, 2.24) is 0 Å². The van der Waals surface area contributed by atoms with Crippen LogP contribution in [-0.4, -0.2) is 6.61 Å². The summed E-state index contributed by atoms with van der Waals surface area (Å²) in [6.07, 6.45) is 2.39. The van der Waals surface area contributed by atoms with E-state index in [1.165, 1.54) is 11.3 Å². The van der Waals surface area contributed by atoms with Gasteiger partial charge in [0.1, 0.15) is 0 Å². The molecule has 0 radical (unpaired) electrons. The van der Waals surface area contributed by atoms with Gasteiger partial charge in [-0.05, 0) is 17.6 Å². The van der Waals surface area contributed by atoms with Crippen LogP contribution in [0.5, 0.6) is 0 Å². The summed E-state index contributed by atoms with van der Waals surface area (Å²) in [5.74, 6) is 3.05. The van der Waals surface area contributed by atoms with Crippen LogP contribution in [0.15, 0.2) is 42.2 Å². The van der Waals surface area contributed by atoms with E-state index in [2.05, 4.69) is 57.2 Å². The Morgan fingerprint density at radius 2 is 1.94 bits per heavy atom. The highest BCUT2D eigenvalue weighted by Crippen LogP contribution is 2.63. The van der Waals surface area contributed by atoms with Gasteiger partial charge in [0.15, 0.2) is 0 Å². The van der Waals surface area contributed by atoms with Crippen LogP contribution in [0.25, 0.3) is 0 Å². The summed E-state index contributed by atoms with van der Waals surface area (Å²) in [5, 5.41) is 0. The highest BCUT2D eigenvalue weighted by Gasteiger charge is 2.63. The highest BCUT2D eigenvalue weighted by molar-refractivity contribution is 5.44. The topological polar surface area (TPSA) is 9.23 Å². The van der Waals surface area contributed by atoms with E-state index in [1.807, 2.05) is 0 Å². The molecule has 0 amide bonds. The first-order valence-corrected chi connectivity index (χ1v) is 6.57. The Balaban J connectivity index is 2.04. The van der Waals surface area contributed by atoms with E-state index >= 15 is 0 Å². The lowest BCUT2D eigenvalue weighted by molar-refractivity contribution is 0.152. The molecular formula is C16H20O. The van der Waals surface area contributed by atoms with Gasteiger partial charge in [-0.15, -0.1) is 0 Å². The van der Waals surface area contributed by atoms with Gasteiger partial charge in [-0.2, -0.15) is 0 Å². The van der Waals surface area contributed by atoms with Gasteiger partial charge in [0.2, 0.25) is 0 Å². The molecule has 0 aromatic heterocycles. The number of fused-ring (bicyclic) bond motifs is 1. The van der Waals surface area contributed by atoms with Crippen molar-refractivity contribution in [3.8, 4) is 0 Å². The van der Waals surface area contributed by atoms with E-state index < -0.39 is 0 Å². The van der Waals surface area contributed by atoms with Gasteiger partial charge in [-0.3, -0.25) is 0 Å². The Labute approximate surface area is 103 Å². The molecule has 17 heavy (non-hydrogen) atoms. The van der Waals surface area contributed by atoms with E-state index in [9.17, 15) is 0 Å². The minimum absolute atomic E-state index is 0.263. The SMILES string of the molecule is CC(C)C1=C[C@@]2(c3ccccc3)[C@H](C)[C@H]2CO1. The Kier molecular flexibility index (Phi) is 2.32. The van der Waals surface area contributed by atoms with Crippen LogP contribution >= 0.6 is 0 Å². The summed E-state index contributed by atoms with van der Waals surface area (Å²) >= 11 is 0. The molecule has 2 aliphatic rings. The van der Waals surface area contributed by atoms with Crippen molar-refractivity contribution in [2.75, 3.05) is 6.61 Å². The third-order valence-corrected chi connectivity index (χ3v) is 4.51. The summed E-state index contributed by atoms with van der Waals surface area (Å²) in [6, 6.07) is 10.9. The third kappa shape index (κ3) is 1.45. The molecule has 1 nitrogen and oxygen atoms in total. The van der Waals surface area contributed by atoms with Gasteiger partial charge in [0.05, 0.1) is 12.4 Å². The molecule has 3 atom stereocenters. The third-order valence-electron chi connectivity index (χ3n) is 4.51. The maximum Gasteiger partial charge on any atom is 0.0954 e. The predicted octanol–water partition coefficient (Wildman–Crippen LogP) is 3.76. The van der Waals surface area contributed by atoms with Crippen molar-refractivity contribution in [2.45, 2.75) is 26.2 Å². The molecule has 1 aromatic rings. The Morgan fingerprint density at radius 1 is 1.24 bits per heavy atom. The first-order chi connectivity index (χ1) is 8.16. The number of allylic oxidation sites excluding steroid dienone is 2. The van der Waals surface area contributed by atoms with Crippen molar-refractivity contribution in [3.05, 3.63) is 47.7 Å². The largest absolute Gasteiger partial charge is 0.498 e. The maximum absolute atomic E-state index is 5.87. The molecule has 0 spiro atoms. The number of rotatable bonds is 2. The minimum Gasteiger partial charge on any atom is -0.498 e. The van der Waals surface area contributed by atoms with Crippen molar-refractivity contribution in [3.63, 3.8) is 0 Å². The van der Waals surface area contributed by atoms with Gasteiger partial charge in [-0.25, -0.2) is 0 Å². The quantitative estimate of drug-likeness (QED) is 0.749. The number of hydrogen-bond donors (Lipinski definition) is 0. The lowest BCUT2D eigenvalue weighted by Crippen LogP contribution is -2.19. The molecule has 1 heteroatoms. The molecule has 3 rings (SSSR count). The second kappa shape index (κ2) is 3.63. The number of hydrogen-bond acceptors (Lipinski definition) is 1. The predicted molar refractivity (Wildman–Crippen MR) is 69.6 cm³/mol. The van der Waals surface area contributed by atoms with Crippen LogP contribution < -0.4 is 0 Å². The summed E-state index contributed by atoms with van der Waals surface area (Å²) in [4.78, 5) is 0. The van der Waals surface area contributed by atoms with Crippen LogP contribution in [0.4, 0.5) is 0 Å². The van der Waals surface area contributed by atoms with Crippen molar-refractivity contribution in [2.24, 2.45) is 17.8 Å². The fraction of sp³-hybridized carbons (Fsp3) is 0.500. The van der Waals surface area contributed by atoms with E-state index in [4.69, 9.17) is 4.74 Å². The van der Waals surface area contributed by atoms with Crippen molar-refractivity contribution in [1.29, 1.82) is 0 Å². The Morgan fingerprint density at radius 3 is 2.59 bits per heavy atom. The summed E-state index contributed by atoms with van der Waals surface area (Å²) in [7, 11) is 0. The molecule has 0 saturated heterocycles. The second-order valence-corrected chi connectivity index (χ2v) is 5.71. The zero-order valence-electron chi connectivity index (χ0n) is 10.8. The monoisotopic (exact) mass is 228 g/mol. The molecule has 1 aromatic carbocycles. The molecule has 0 bridgehead atoms. The standard InChI is InChI=1S/C16H20O/c1-11(2)15-9-16(12(3)14(16)10-17-15)13-7-5-4-6-8-13/h4-9,11-12,14H,10H2,1-3H3/t12-,14-,16+/m1/s1. The average Bonchev–Trinajstić information content (AvgIpc) is 2.97. The van der Waals surface area contributed by atoms with E-state index in [-0.39, 0.29) is 5.41 Å². The second-order valence-electron chi connectivity index (χ2n) is 5.71. The zero-order chi connectivity index (χ0) is 12.0. The highest BCUT2D eigenvalue weighted by atomic mass is 16.5. The first kappa shape index (κ1) is 10.9. The minimum atomic E-state index is 0.263. The first-order valence-electron chi connectivity index (χ1n) is 6.57. The summed E-state index contributed by atoms with van der Waals surface area (Å²) < 4.78 is 5.87. The fourth-order valence-corrected chi connectivity index (χ4v) is 3.28. The molecule has 1 aliphatic carbocycles. The fourth-order valence-electron chi connectivity index (χ4n) is 3.28. The molecule has 0 unspecified atom stereocenters. The zero-order valence-corrected chi connectivity index (χ0v) is 10.8.